The molecule has 10 heteroatoms. The average molecular weight is 426 g/mol. The van der Waals surface area contributed by atoms with E-state index in [1.807, 2.05) is 0 Å². The molecule has 0 amide bonds. The van der Waals surface area contributed by atoms with Gasteiger partial charge in [-0.3, -0.25) is 0 Å². The number of hydrogen-bond donors (Lipinski definition) is 1. The molecule has 29 heavy (non-hydrogen) atoms. The fraction of sp³-hybridized carbons (Fsp3) is 0.316. The molecule has 0 unspecified atom stereocenters. The van der Waals surface area contributed by atoms with Crippen molar-refractivity contribution >= 4 is 35.3 Å². The van der Waals surface area contributed by atoms with Crippen LogP contribution in [0.2, 0.25) is 0 Å². The molecule has 0 atom stereocenters. The van der Waals surface area contributed by atoms with Gasteiger partial charge in [-0.05, 0) is 37.5 Å². The highest BCUT2D eigenvalue weighted by molar-refractivity contribution is 7.98. The molecule has 1 aromatic carbocycles. The van der Waals surface area contributed by atoms with E-state index in [1.54, 1.807) is 44.5 Å². The first-order chi connectivity index (χ1) is 13.7. The van der Waals surface area contributed by atoms with Crippen molar-refractivity contribution in [1.29, 1.82) is 0 Å². The summed E-state index contributed by atoms with van der Waals surface area (Å²) in [6.07, 6.45) is 0.582. The van der Waals surface area contributed by atoms with Crippen LogP contribution in [0.4, 0.5) is 24.7 Å². The highest BCUT2D eigenvalue weighted by Crippen LogP contribution is 2.32. The fourth-order valence-electron chi connectivity index (χ4n) is 2.29. The van der Waals surface area contributed by atoms with Gasteiger partial charge >= 0.3 is 12.1 Å². The van der Waals surface area contributed by atoms with Gasteiger partial charge in [0.15, 0.2) is 5.16 Å². The number of hydrogen-bond acceptors (Lipinski definition) is 7. The van der Waals surface area contributed by atoms with Crippen LogP contribution in [0.5, 0.6) is 0 Å². The minimum absolute atomic E-state index is 0.0418. The minimum atomic E-state index is -4.49. The lowest BCUT2D eigenvalue weighted by atomic mass is 10.1. The van der Waals surface area contributed by atoms with Crippen LogP contribution in [-0.4, -0.2) is 47.8 Å². The third kappa shape index (κ3) is 6.11. The second-order valence-electron chi connectivity index (χ2n) is 6.02. The van der Waals surface area contributed by atoms with E-state index in [-0.39, 0.29) is 23.7 Å². The molecule has 0 aliphatic rings. The Morgan fingerprint density at radius 1 is 1.31 bits per heavy atom. The highest BCUT2D eigenvalue weighted by atomic mass is 32.2. The lowest BCUT2D eigenvalue weighted by Gasteiger charge is -2.15. The molecule has 156 valence electrons. The van der Waals surface area contributed by atoms with Crippen LogP contribution >= 0.6 is 11.8 Å². The molecule has 0 bridgehead atoms. The number of anilines is 2. The van der Waals surface area contributed by atoms with E-state index in [2.05, 4.69) is 15.3 Å². The number of aromatic nitrogens is 2. The maximum atomic E-state index is 13.0. The van der Waals surface area contributed by atoms with Crippen LogP contribution in [0.1, 0.15) is 28.5 Å². The highest BCUT2D eigenvalue weighted by Gasteiger charge is 2.30. The van der Waals surface area contributed by atoms with E-state index in [4.69, 9.17) is 4.74 Å². The lowest BCUT2D eigenvalue weighted by molar-refractivity contribution is -0.137. The van der Waals surface area contributed by atoms with Gasteiger partial charge in [-0.15, -0.1) is 0 Å². The summed E-state index contributed by atoms with van der Waals surface area (Å²) in [5.41, 5.74) is -0.336. The smallest absolute Gasteiger partial charge is 0.416 e. The molecule has 0 saturated heterocycles. The number of thioether (sulfide) groups is 1. The van der Waals surface area contributed by atoms with E-state index >= 15 is 0 Å². The molecule has 1 heterocycles. The summed E-state index contributed by atoms with van der Waals surface area (Å²) in [4.78, 5) is 23.0. The molecule has 6 nitrogen and oxygen atoms in total. The Hall–Kier alpha value is -2.75. The van der Waals surface area contributed by atoms with Crippen molar-refractivity contribution in [2.75, 3.05) is 32.3 Å². The van der Waals surface area contributed by atoms with Crippen molar-refractivity contribution in [3.8, 4) is 0 Å². The van der Waals surface area contributed by atoms with Crippen LogP contribution in [-0.2, 0) is 10.9 Å². The second kappa shape index (κ2) is 9.64. The largest absolute Gasteiger partial charge is 0.462 e. The summed E-state index contributed by atoms with van der Waals surface area (Å²) in [6.45, 7) is 1.78. The molecule has 0 aliphatic heterocycles. The van der Waals surface area contributed by atoms with Crippen molar-refractivity contribution < 1.29 is 22.7 Å². The van der Waals surface area contributed by atoms with E-state index in [9.17, 15) is 18.0 Å². The summed E-state index contributed by atoms with van der Waals surface area (Å²) < 4.78 is 44.2. The van der Waals surface area contributed by atoms with Gasteiger partial charge < -0.3 is 15.0 Å². The molecular formula is C19H21F3N4O2S. The zero-order valence-corrected chi connectivity index (χ0v) is 17.2. The molecule has 0 aliphatic carbocycles. The Kier molecular flexibility index (Phi) is 7.49. The van der Waals surface area contributed by atoms with Crippen molar-refractivity contribution in [2.24, 2.45) is 0 Å². The number of carbonyl (C=O) groups is 1. The maximum absolute atomic E-state index is 13.0. The van der Waals surface area contributed by atoms with Crippen LogP contribution < -0.4 is 5.32 Å². The van der Waals surface area contributed by atoms with Gasteiger partial charge in [-0.1, -0.05) is 17.8 Å². The number of esters is 1. The summed E-state index contributed by atoms with van der Waals surface area (Å²) in [7, 11) is 3.61. The number of benzene rings is 1. The SMILES string of the molecule is CCOC(=O)c1c(C=CN(C)C)nc(SC)nc1Nc1cccc(C(F)(F)F)c1. The summed E-state index contributed by atoms with van der Waals surface area (Å²) in [5.74, 6) is -0.603. The minimum Gasteiger partial charge on any atom is -0.462 e. The molecule has 0 fully saturated rings. The molecule has 1 N–H and O–H groups in total. The molecule has 2 aromatic rings. The number of nitrogens with one attached hydrogen (secondary N) is 1. The van der Waals surface area contributed by atoms with Gasteiger partial charge in [-0.25, -0.2) is 14.8 Å². The second-order valence-corrected chi connectivity index (χ2v) is 6.80. The molecule has 2 rings (SSSR count). The van der Waals surface area contributed by atoms with Gasteiger partial charge in [0.1, 0.15) is 11.4 Å². The van der Waals surface area contributed by atoms with E-state index in [0.29, 0.717) is 10.9 Å². The zero-order chi connectivity index (χ0) is 21.6. The Morgan fingerprint density at radius 3 is 2.62 bits per heavy atom. The van der Waals surface area contributed by atoms with Crippen molar-refractivity contribution in [3.05, 3.63) is 47.3 Å². The number of carbonyl (C=O) groups excluding carboxylic acids is 1. The number of nitrogens with zero attached hydrogens (tertiary/aromatic N) is 3. The van der Waals surface area contributed by atoms with Gasteiger partial charge in [0.25, 0.3) is 0 Å². The molecule has 0 radical (unpaired) electrons. The zero-order valence-electron chi connectivity index (χ0n) is 16.4. The fourth-order valence-corrected chi connectivity index (χ4v) is 2.67. The van der Waals surface area contributed by atoms with Crippen molar-refractivity contribution in [1.82, 2.24) is 14.9 Å². The molecule has 1 aromatic heterocycles. The average Bonchev–Trinajstić information content (AvgIpc) is 2.65. The van der Waals surface area contributed by atoms with Gasteiger partial charge in [0.2, 0.25) is 0 Å². The van der Waals surface area contributed by atoms with Crippen molar-refractivity contribution in [2.45, 2.75) is 18.3 Å². The topological polar surface area (TPSA) is 67.3 Å². The first-order valence-corrected chi connectivity index (χ1v) is 9.80. The molecule has 0 spiro atoms. The number of alkyl halides is 3. The normalized spacial score (nSPS) is 11.6. The first-order valence-electron chi connectivity index (χ1n) is 8.57. The Labute approximate surface area is 171 Å². The Morgan fingerprint density at radius 2 is 2.03 bits per heavy atom. The van der Waals surface area contributed by atoms with Crippen LogP contribution in [0, 0.1) is 0 Å². The third-order valence-corrected chi connectivity index (χ3v) is 4.11. The third-order valence-electron chi connectivity index (χ3n) is 3.56. The lowest BCUT2D eigenvalue weighted by Crippen LogP contribution is -2.14. The van der Waals surface area contributed by atoms with Crippen LogP contribution in [0.3, 0.4) is 0 Å². The quantitative estimate of drug-likeness (QED) is 0.392. The Bertz CT molecular complexity index is 902. The Balaban J connectivity index is 2.59. The monoisotopic (exact) mass is 426 g/mol. The standard InChI is InChI=1S/C19H21F3N4O2S/c1-5-28-17(27)15-14(9-10-26(2)3)24-18(29-4)25-16(15)23-13-8-6-7-12(11-13)19(20,21)22/h6-11H,5H2,1-4H3,(H,23,24,25). The number of halogens is 3. The number of rotatable bonds is 7. The van der Waals surface area contributed by atoms with Crippen LogP contribution in [0.25, 0.3) is 6.08 Å². The maximum Gasteiger partial charge on any atom is 0.416 e. The molecule has 0 saturated carbocycles. The summed E-state index contributed by atoms with van der Waals surface area (Å²) in [5, 5.41) is 3.17. The first kappa shape index (κ1) is 22.5. The van der Waals surface area contributed by atoms with Gasteiger partial charge in [0.05, 0.1) is 17.9 Å². The van der Waals surface area contributed by atoms with Gasteiger partial charge in [0, 0.05) is 26.0 Å². The van der Waals surface area contributed by atoms with E-state index in [0.717, 1.165) is 12.1 Å². The van der Waals surface area contributed by atoms with Crippen LogP contribution in [0.15, 0.2) is 35.6 Å². The van der Waals surface area contributed by atoms with E-state index < -0.39 is 17.7 Å². The predicted octanol–water partition coefficient (Wildman–Crippen LogP) is 4.67. The molecular weight excluding hydrogens is 405 g/mol. The summed E-state index contributed by atoms with van der Waals surface area (Å²) >= 11 is 1.24. The van der Waals surface area contributed by atoms with Gasteiger partial charge in [-0.2, -0.15) is 13.2 Å². The van der Waals surface area contributed by atoms with E-state index in [1.165, 1.54) is 23.9 Å². The summed E-state index contributed by atoms with van der Waals surface area (Å²) in [6, 6.07) is 4.65. The predicted molar refractivity (Wildman–Crippen MR) is 107 cm³/mol. The van der Waals surface area contributed by atoms with Crippen molar-refractivity contribution in [3.63, 3.8) is 0 Å². The number of ether oxygens (including phenoxy) is 1.